The zero-order valence-corrected chi connectivity index (χ0v) is 8.84. The summed E-state index contributed by atoms with van der Waals surface area (Å²) in [6.07, 6.45) is -4.09. The van der Waals surface area contributed by atoms with Crippen LogP contribution in [0.2, 0.25) is 0 Å². The van der Waals surface area contributed by atoms with Crippen molar-refractivity contribution in [3.8, 4) is 0 Å². The van der Waals surface area contributed by atoms with E-state index in [1.807, 2.05) is 0 Å². The quantitative estimate of drug-likeness (QED) is 0.842. The van der Waals surface area contributed by atoms with Gasteiger partial charge in [-0.25, -0.2) is 4.79 Å². The molecule has 0 spiro atoms. The Hall–Kier alpha value is -1.53. The van der Waals surface area contributed by atoms with Crippen LogP contribution >= 0.6 is 0 Å². The Morgan fingerprint density at radius 3 is 2.82 bits per heavy atom. The first-order valence-corrected chi connectivity index (χ1v) is 5.23. The van der Waals surface area contributed by atoms with Gasteiger partial charge in [-0.1, -0.05) is 0 Å². The number of nitrogens with zero attached hydrogens (tertiary/aromatic N) is 1. The second kappa shape index (κ2) is 4.05. The number of aryl methyl sites for hydroxylation is 1. The smallest absolute Gasteiger partial charge is 0.389 e. The number of H-pyrrole nitrogens is 1. The highest BCUT2D eigenvalue weighted by Gasteiger charge is 2.35. The van der Waals surface area contributed by atoms with E-state index in [0.717, 1.165) is 0 Å². The Morgan fingerprint density at radius 2 is 2.24 bits per heavy atom. The van der Waals surface area contributed by atoms with E-state index in [1.54, 1.807) is 0 Å². The van der Waals surface area contributed by atoms with Gasteiger partial charge in [0.25, 0.3) is 0 Å². The van der Waals surface area contributed by atoms with Crippen LogP contribution in [0.5, 0.6) is 0 Å². The number of carbonyl (C=O) groups is 1. The Bertz CT molecular complexity index is 439. The third kappa shape index (κ3) is 2.59. The third-order valence-corrected chi connectivity index (χ3v) is 2.97. The number of alkyl halides is 3. The molecule has 1 aromatic heterocycles. The van der Waals surface area contributed by atoms with Gasteiger partial charge >= 0.3 is 12.1 Å². The van der Waals surface area contributed by atoms with Crippen molar-refractivity contribution in [2.24, 2.45) is 5.92 Å². The average molecular weight is 248 g/mol. The molecule has 1 atom stereocenters. The molecule has 0 saturated heterocycles. The van der Waals surface area contributed by atoms with Crippen LogP contribution in [0.4, 0.5) is 13.2 Å². The number of halogens is 3. The number of rotatable bonds is 2. The maximum absolute atomic E-state index is 12.3. The minimum atomic E-state index is -4.20. The zero-order valence-electron chi connectivity index (χ0n) is 8.84. The lowest BCUT2D eigenvalue weighted by Crippen LogP contribution is -2.22. The van der Waals surface area contributed by atoms with Crippen molar-refractivity contribution in [3.63, 3.8) is 0 Å². The number of aromatic carboxylic acids is 1. The first kappa shape index (κ1) is 11.9. The summed E-state index contributed by atoms with van der Waals surface area (Å²) in [5.74, 6) is -1.74. The first-order chi connectivity index (χ1) is 7.87. The summed E-state index contributed by atoms with van der Waals surface area (Å²) >= 11 is 0. The predicted molar refractivity (Wildman–Crippen MR) is 51.7 cm³/mol. The van der Waals surface area contributed by atoms with Gasteiger partial charge in [0.15, 0.2) is 5.69 Å². The summed E-state index contributed by atoms with van der Waals surface area (Å²) in [6, 6.07) is 0. The van der Waals surface area contributed by atoms with Gasteiger partial charge < -0.3 is 5.11 Å². The van der Waals surface area contributed by atoms with Crippen LogP contribution < -0.4 is 0 Å². The van der Waals surface area contributed by atoms with Crippen LogP contribution in [0.1, 0.15) is 34.6 Å². The molecule has 2 rings (SSSR count). The number of carboxylic acids is 1. The van der Waals surface area contributed by atoms with Crippen molar-refractivity contribution in [1.82, 2.24) is 10.2 Å². The largest absolute Gasteiger partial charge is 0.476 e. The molecule has 2 N–H and O–H groups in total. The van der Waals surface area contributed by atoms with Crippen molar-refractivity contribution < 1.29 is 23.1 Å². The second-order valence-corrected chi connectivity index (χ2v) is 4.26. The van der Waals surface area contributed by atoms with E-state index >= 15 is 0 Å². The summed E-state index contributed by atoms with van der Waals surface area (Å²) in [7, 11) is 0. The molecule has 0 radical (unpaired) electrons. The summed E-state index contributed by atoms with van der Waals surface area (Å²) in [6.45, 7) is 0. The van der Waals surface area contributed by atoms with E-state index in [9.17, 15) is 18.0 Å². The van der Waals surface area contributed by atoms with Gasteiger partial charge in [0.2, 0.25) is 0 Å². The highest BCUT2D eigenvalue weighted by molar-refractivity contribution is 5.87. The van der Waals surface area contributed by atoms with E-state index in [-0.39, 0.29) is 12.1 Å². The number of carboxylic acid groups (broad SMARTS) is 1. The van der Waals surface area contributed by atoms with Gasteiger partial charge in [0.05, 0.1) is 0 Å². The highest BCUT2D eigenvalue weighted by Crippen LogP contribution is 2.34. The minimum Gasteiger partial charge on any atom is -0.476 e. The molecule has 1 aromatic rings. The Morgan fingerprint density at radius 1 is 1.53 bits per heavy atom. The maximum atomic E-state index is 12.3. The summed E-state index contributed by atoms with van der Waals surface area (Å²) in [5.41, 5.74) is 0.936. The fourth-order valence-electron chi connectivity index (χ4n) is 2.25. The van der Waals surface area contributed by atoms with Gasteiger partial charge in [0.1, 0.15) is 0 Å². The van der Waals surface area contributed by atoms with Crippen LogP contribution in [-0.2, 0) is 12.8 Å². The fraction of sp³-hybridized carbons (Fsp3) is 0.600. The molecule has 7 heteroatoms. The molecule has 0 amide bonds. The molecule has 0 bridgehead atoms. The lowest BCUT2D eigenvalue weighted by molar-refractivity contribution is -0.145. The summed E-state index contributed by atoms with van der Waals surface area (Å²) < 4.78 is 36.8. The number of hydrogen-bond acceptors (Lipinski definition) is 2. The van der Waals surface area contributed by atoms with Crippen LogP contribution in [0, 0.1) is 5.92 Å². The molecule has 0 saturated carbocycles. The molecule has 0 aliphatic heterocycles. The maximum Gasteiger partial charge on any atom is 0.389 e. The van der Waals surface area contributed by atoms with Crippen molar-refractivity contribution in [2.45, 2.75) is 31.9 Å². The van der Waals surface area contributed by atoms with Crippen molar-refractivity contribution in [3.05, 3.63) is 17.0 Å². The molecule has 4 nitrogen and oxygen atoms in total. The van der Waals surface area contributed by atoms with E-state index in [2.05, 4.69) is 10.2 Å². The van der Waals surface area contributed by atoms with Gasteiger partial charge in [-0.2, -0.15) is 18.3 Å². The molecule has 1 unspecified atom stereocenters. The number of aromatic amines is 1. The Balaban J connectivity index is 2.17. The van der Waals surface area contributed by atoms with Gasteiger partial charge in [-0.05, 0) is 25.2 Å². The average Bonchev–Trinajstić information content (AvgIpc) is 2.57. The van der Waals surface area contributed by atoms with E-state index < -0.39 is 24.5 Å². The van der Waals surface area contributed by atoms with Crippen molar-refractivity contribution >= 4 is 5.97 Å². The standard InChI is InChI=1S/C10H11F3N2O2/c11-10(12,13)4-5-1-2-7-6(3-5)8(9(16)17)15-14-7/h5H,1-4H2,(H,14,15)(H,16,17). The Labute approximate surface area is 94.8 Å². The monoisotopic (exact) mass is 248 g/mol. The highest BCUT2D eigenvalue weighted by atomic mass is 19.4. The number of aromatic nitrogens is 2. The lowest BCUT2D eigenvalue weighted by Gasteiger charge is -2.22. The van der Waals surface area contributed by atoms with Crippen LogP contribution in [0.15, 0.2) is 0 Å². The van der Waals surface area contributed by atoms with Crippen LogP contribution in [0.3, 0.4) is 0 Å². The molecule has 0 fully saturated rings. The molecule has 0 aromatic carbocycles. The van der Waals surface area contributed by atoms with Crippen LogP contribution in [-0.4, -0.2) is 27.4 Å². The molecule has 1 aliphatic rings. The number of fused-ring (bicyclic) bond motifs is 1. The number of nitrogens with one attached hydrogen (secondary N) is 1. The SMILES string of the molecule is O=C(O)c1n[nH]c2c1CC(CC(F)(F)F)CC2. The first-order valence-electron chi connectivity index (χ1n) is 5.23. The van der Waals surface area contributed by atoms with Gasteiger partial charge in [-0.3, -0.25) is 5.10 Å². The topological polar surface area (TPSA) is 66.0 Å². The normalized spacial score (nSPS) is 20.1. The van der Waals surface area contributed by atoms with E-state index in [4.69, 9.17) is 5.11 Å². The van der Waals surface area contributed by atoms with Crippen LogP contribution in [0.25, 0.3) is 0 Å². The van der Waals surface area contributed by atoms with Crippen molar-refractivity contribution in [1.29, 1.82) is 0 Å². The summed E-state index contributed by atoms with van der Waals surface area (Å²) in [5, 5.41) is 15.0. The predicted octanol–water partition coefficient (Wildman–Crippen LogP) is 2.17. The Kier molecular flexibility index (Phi) is 2.84. The molecular weight excluding hydrogens is 237 g/mol. The third-order valence-electron chi connectivity index (χ3n) is 2.97. The van der Waals surface area contributed by atoms with Crippen molar-refractivity contribution in [2.75, 3.05) is 0 Å². The van der Waals surface area contributed by atoms with E-state index in [0.29, 0.717) is 24.1 Å². The number of hydrogen-bond donors (Lipinski definition) is 2. The molecule has 17 heavy (non-hydrogen) atoms. The summed E-state index contributed by atoms with van der Waals surface area (Å²) in [4.78, 5) is 10.8. The van der Waals surface area contributed by atoms with Gasteiger partial charge in [-0.15, -0.1) is 0 Å². The zero-order chi connectivity index (χ0) is 12.6. The lowest BCUT2D eigenvalue weighted by atomic mass is 9.84. The molecule has 94 valence electrons. The molecule has 1 heterocycles. The molecular formula is C10H11F3N2O2. The fourth-order valence-corrected chi connectivity index (χ4v) is 2.25. The molecule has 1 aliphatic carbocycles. The second-order valence-electron chi connectivity index (χ2n) is 4.26. The van der Waals surface area contributed by atoms with Gasteiger partial charge in [0, 0.05) is 17.7 Å². The van der Waals surface area contributed by atoms with E-state index in [1.165, 1.54) is 0 Å². The minimum absolute atomic E-state index is 0.132.